The summed E-state index contributed by atoms with van der Waals surface area (Å²) in [6, 6.07) is 4.92. The number of rotatable bonds is 5. The molecular formula is C12H18FNO2. The van der Waals surface area contributed by atoms with Crippen LogP contribution in [0.15, 0.2) is 18.2 Å². The van der Waals surface area contributed by atoms with Crippen LogP contribution in [0.3, 0.4) is 0 Å². The van der Waals surface area contributed by atoms with Crippen molar-refractivity contribution in [2.24, 2.45) is 0 Å². The molecule has 0 heterocycles. The average molecular weight is 227 g/mol. The van der Waals surface area contributed by atoms with Crippen LogP contribution in [0, 0.1) is 12.7 Å². The molecule has 0 aromatic heterocycles. The van der Waals surface area contributed by atoms with Gasteiger partial charge in [0.1, 0.15) is 5.82 Å². The highest BCUT2D eigenvalue weighted by Gasteiger charge is 2.16. The minimum Gasteiger partial charge on any atom is -0.375 e. The van der Waals surface area contributed by atoms with Crippen molar-refractivity contribution in [3.63, 3.8) is 0 Å². The lowest BCUT2D eigenvalue weighted by molar-refractivity contribution is -0.109. The van der Waals surface area contributed by atoms with Gasteiger partial charge in [0.05, 0.1) is 11.7 Å². The fourth-order valence-corrected chi connectivity index (χ4v) is 1.55. The van der Waals surface area contributed by atoms with Gasteiger partial charge in [0.15, 0.2) is 6.29 Å². The van der Waals surface area contributed by atoms with E-state index in [-0.39, 0.29) is 11.9 Å². The number of hydrogen-bond donors (Lipinski definition) is 1. The lowest BCUT2D eigenvalue weighted by Gasteiger charge is -2.23. The summed E-state index contributed by atoms with van der Waals surface area (Å²) in [4.78, 5) is 0. The van der Waals surface area contributed by atoms with E-state index in [0.717, 1.165) is 5.56 Å². The zero-order valence-electron chi connectivity index (χ0n) is 10.1. The van der Waals surface area contributed by atoms with Gasteiger partial charge in [-0.05, 0) is 31.5 Å². The summed E-state index contributed by atoms with van der Waals surface area (Å²) in [5, 5.41) is 3.01. The second-order valence-electron chi connectivity index (χ2n) is 3.76. The number of nitrogens with one attached hydrogen (secondary N) is 1. The van der Waals surface area contributed by atoms with Crippen molar-refractivity contribution in [1.82, 2.24) is 0 Å². The third-order valence-electron chi connectivity index (χ3n) is 2.38. The van der Waals surface area contributed by atoms with E-state index in [1.165, 1.54) is 6.07 Å². The Balaban J connectivity index is 2.72. The number of anilines is 1. The SMILES string of the molecule is COC(OC)C(C)Nc1ccc(C)cc1F. The Morgan fingerprint density at radius 2 is 1.88 bits per heavy atom. The van der Waals surface area contributed by atoms with Crippen molar-refractivity contribution in [2.45, 2.75) is 26.2 Å². The van der Waals surface area contributed by atoms with Crippen molar-refractivity contribution in [2.75, 3.05) is 19.5 Å². The first kappa shape index (κ1) is 12.9. The zero-order valence-corrected chi connectivity index (χ0v) is 10.1. The molecule has 1 rings (SSSR count). The molecule has 0 aliphatic carbocycles. The predicted molar refractivity (Wildman–Crippen MR) is 62.0 cm³/mol. The number of methoxy groups -OCH3 is 2. The van der Waals surface area contributed by atoms with Gasteiger partial charge in [-0.3, -0.25) is 0 Å². The molecule has 1 aromatic carbocycles. The number of ether oxygens (including phenoxy) is 2. The summed E-state index contributed by atoms with van der Waals surface area (Å²) in [6.07, 6.45) is -0.402. The highest BCUT2D eigenvalue weighted by molar-refractivity contribution is 5.46. The molecule has 0 radical (unpaired) electrons. The molecule has 0 aliphatic heterocycles. The largest absolute Gasteiger partial charge is 0.375 e. The summed E-state index contributed by atoms with van der Waals surface area (Å²) in [5.41, 5.74) is 1.35. The minimum absolute atomic E-state index is 0.132. The molecule has 0 aliphatic rings. The van der Waals surface area contributed by atoms with Crippen molar-refractivity contribution >= 4 is 5.69 Å². The summed E-state index contributed by atoms with van der Waals surface area (Å²) in [7, 11) is 3.11. The molecule has 0 saturated carbocycles. The second-order valence-corrected chi connectivity index (χ2v) is 3.76. The van der Waals surface area contributed by atoms with Crippen molar-refractivity contribution < 1.29 is 13.9 Å². The molecule has 1 N–H and O–H groups in total. The smallest absolute Gasteiger partial charge is 0.176 e. The van der Waals surface area contributed by atoms with E-state index in [4.69, 9.17) is 9.47 Å². The van der Waals surface area contributed by atoms with E-state index in [1.54, 1.807) is 20.3 Å². The van der Waals surface area contributed by atoms with E-state index in [0.29, 0.717) is 5.69 Å². The molecule has 16 heavy (non-hydrogen) atoms. The molecule has 3 nitrogen and oxygen atoms in total. The molecule has 0 amide bonds. The van der Waals surface area contributed by atoms with Crippen molar-refractivity contribution in [1.29, 1.82) is 0 Å². The molecule has 0 saturated heterocycles. The van der Waals surface area contributed by atoms with Crippen LogP contribution in [-0.4, -0.2) is 26.6 Å². The van der Waals surface area contributed by atoms with E-state index in [1.807, 2.05) is 19.9 Å². The highest BCUT2D eigenvalue weighted by atomic mass is 19.1. The molecule has 90 valence electrons. The first-order valence-electron chi connectivity index (χ1n) is 5.16. The van der Waals surface area contributed by atoms with Gasteiger partial charge in [0.25, 0.3) is 0 Å². The Hall–Kier alpha value is -1.13. The van der Waals surface area contributed by atoms with E-state index < -0.39 is 6.29 Å². The standard InChI is InChI=1S/C12H18FNO2/c1-8-5-6-11(10(13)7-8)14-9(2)12(15-3)16-4/h5-7,9,12,14H,1-4H3. The van der Waals surface area contributed by atoms with Crippen molar-refractivity contribution in [3.8, 4) is 0 Å². The molecule has 0 spiro atoms. The van der Waals surface area contributed by atoms with Gasteiger partial charge >= 0.3 is 0 Å². The zero-order chi connectivity index (χ0) is 12.1. The first-order valence-corrected chi connectivity index (χ1v) is 5.16. The van der Waals surface area contributed by atoms with Crippen LogP contribution in [0.5, 0.6) is 0 Å². The third kappa shape index (κ3) is 3.18. The number of aryl methyl sites for hydroxylation is 1. The van der Waals surface area contributed by atoms with Gasteiger partial charge in [-0.25, -0.2) is 4.39 Å². The molecule has 1 aromatic rings. The van der Waals surface area contributed by atoms with Crippen molar-refractivity contribution in [3.05, 3.63) is 29.6 Å². The summed E-state index contributed by atoms with van der Waals surface area (Å²) < 4.78 is 23.7. The van der Waals surface area contributed by atoms with Crippen LogP contribution in [0.1, 0.15) is 12.5 Å². The first-order chi connectivity index (χ1) is 7.58. The maximum Gasteiger partial charge on any atom is 0.176 e. The van der Waals surface area contributed by atoms with Gasteiger partial charge < -0.3 is 14.8 Å². The number of benzene rings is 1. The molecule has 1 atom stereocenters. The van der Waals surface area contributed by atoms with Gasteiger partial charge in [0.2, 0.25) is 0 Å². The Morgan fingerprint density at radius 1 is 1.25 bits per heavy atom. The predicted octanol–water partition coefficient (Wildman–Crippen LogP) is 2.55. The van der Waals surface area contributed by atoms with E-state index in [2.05, 4.69) is 5.32 Å². The fraction of sp³-hybridized carbons (Fsp3) is 0.500. The Bertz CT molecular complexity index is 340. The average Bonchev–Trinajstić information content (AvgIpc) is 2.24. The van der Waals surface area contributed by atoms with Crippen LogP contribution in [-0.2, 0) is 9.47 Å². The maximum absolute atomic E-state index is 13.5. The van der Waals surface area contributed by atoms with Crippen LogP contribution >= 0.6 is 0 Å². The Labute approximate surface area is 95.6 Å². The molecule has 1 unspecified atom stereocenters. The molecule has 0 fully saturated rings. The van der Waals surface area contributed by atoms with E-state index in [9.17, 15) is 4.39 Å². The lowest BCUT2D eigenvalue weighted by Crippen LogP contribution is -2.34. The molecule has 4 heteroatoms. The summed E-state index contributed by atoms with van der Waals surface area (Å²) in [5.74, 6) is -0.266. The summed E-state index contributed by atoms with van der Waals surface area (Å²) in [6.45, 7) is 3.72. The minimum atomic E-state index is -0.402. The highest BCUT2D eigenvalue weighted by Crippen LogP contribution is 2.17. The molecule has 0 bridgehead atoms. The second kappa shape index (κ2) is 5.82. The molecular weight excluding hydrogens is 209 g/mol. The van der Waals surface area contributed by atoms with Gasteiger partial charge in [-0.2, -0.15) is 0 Å². The van der Waals surface area contributed by atoms with E-state index >= 15 is 0 Å². The van der Waals surface area contributed by atoms with Gasteiger partial charge in [-0.15, -0.1) is 0 Å². The number of halogens is 1. The van der Waals surface area contributed by atoms with Crippen LogP contribution in [0.25, 0.3) is 0 Å². The van der Waals surface area contributed by atoms with Crippen LogP contribution < -0.4 is 5.32 Å². The maximum atomic E-state index is 13.5. The normalized spacial score (nSPS) is 12.9. The van der Waals surface area contributed by atoms with Gasteiger partial charge in [0, 0.05) is 14.2 Å². The van der Waals surface area contributed by atoms with Crippen LogP contribution in [0.2, 0.25) is 0 Å². The van der Waals surface area contributed by atoms with Crippen LogP contribution in [0.4, 0.5) is 10.1 Å². The Morgan fingerprint density at radius 3 is 2.38 bits per heavy atom. The quantitative estimate of drug-likeness (QED) is 0.784. The Kier molecular flexibility index (Phi) is 4.71. The topological polar surface area (TPSA) is 30.5 Å². The summed E-state index contributed by atoms with van der Waals surface area (Å²) >= 11 is 0. The van der Waals surface area contributed by atoms with Gasteiger partial charge in [-0.1, -0.05) is 6.07 Å². The third-order valence-corrected chi connectivity index (χ3v) is 2.38. The lowest BCUT2D eigenvalue weighted by atomic mass is 10.2. The number of hydrogen-bond acceptors (Lipinski definition) is 3. The fourth-order valence-electron chi connectivity index (χ4n) is 1.55. The monoisotopic (exact) mass is 227 g/mol.